The zero-order valence-corrected chi connectivity index (χ0v) is 21.6. The Morgan fingerprint density at radius 2 is 1.18 bits per heavy atom. The van der Waals surface area contributed by atoms with Crippen molar-refractivity contribution in [3.05, 3.63) is 139 Å². The molecule has 0 amide bonds. The van der Waals surface area contributed by atoms with Gasteiger partial charge in [0, 0.05) is 21.5 Å². The van der Waals surface area contributed by atoms with Gasteiger partial charge in [-0.25, -0.2) is 0 Å². The zero-order chi connectivity index (χ0) is 26.2. The number of nitrogens with zero attached hydrogens (tertiary/aromatic N) is 1. The summed E-state index contributed by atoms with van der Waals surface area (Å²) in [5.74, 6) is 0. The first-order valence-electron chi connectivity index (χ1n) is 13.7. The monoisotopic (exact) mass is 509 g/mol. The summed E-state index contributed by atoms with van der Waals surface area (Å²) < 4.78 is 8.76. The van der Waals surface area contributed by atoms with Crippen LogP contribution in [0.1, 0.15) is 11.1 Å². The third kappa shape index (κ3) is 3.05. The van der Waals surface area contributed by atoms with Gasteiger partial charge in [-0.2, -0.15) is 0 Å². The summed E-state index contributed by atoms with van der Waals surface area (Å²) in [7, 11) is 0. The summed E-state index contributed by atoms with van der Waals surface area (Å²) in [4.78, 5) is 0. The third-order valence-electron chi connectivity index (χ3n) is 8.33. The Balaban J connectivity index is 1.27. The lowest BCUT2D eigenvalue weighted by molar-refractivity contribution is 0.669. The highest BCUT2D eigenvalue weighted by atomic mass is 16.3. The molecule has 8 aromatic rings. The summed E-state index contributed by atoms with van der Waals surface area (Å²) in [6.07, 6.45) is 4.51. The van der Waals surface area contributed by atoms with Crippen LogP contribution in [-0.4, -0.2) is 4.57 Å². The summed E-state index contributed by atoms with van der Waals surface area (Å²) in [5.41, 5.74) is 12.7. The topological polar surface area (TPSA) is 18.1 Å². The second-order valence-electron chi connectivity index (χ2n) is 10.6. The van der Waals surface area contributed by atoms with Gasteiger partial charge < -0.3 is 8.98 Å². The number of fused-ring (bicyclic) bond motifs is 8. The van der Waals surface area contributed by atoms with Crippen molar-refractivity contribution in [3.8, 4) is 27.9 Å². The van der Waals surface area contributed by atoms with E-state index in [0.29, 0.717) is 0 Å². The molecule has 0 fully saturated rings. The van der Waals surface area contributed by atoms with Gasteiger partial charge in [-0.05, 0) is 81.9 Å². The maximum absolute atomic E-state index is 6.33. The van der Waals surface area contributed by atoms with Crippen LogP contribution in [0.3, 0.4) is 0 Å². The van der Waals surface area contributed by atoms with E-state index in [1.807, 2.05) is 6.07 Å². The van der Waals surface area contributed by atoms with E-state index < -0.39 is 0 Å². The minimum atomic E-state index is 0.912. The van der Waals surface area contributed by atoms with Crippen molar-refractivity contribution in [2.24, 2.45) is 0 Å². The van der Waals surface area contributed by atoms with Crippen molar-refractivity contribution in [1.29, 1.82) is 0 Å². The molecule has 0 N–H and O–H groups in total. The van der Waals surface area contributed by atoms with Crippen molar-refractivity contribution in [1.82, 2.24) is 4.57 Å². The summed E-state index contributed by atoms with van der Waals surface area (Å²) in [6, 6.07) is 45.7. The third-order valence-corrected chi connectivity index (χ3v) is 8.33. The molecule has 0 radical (unpaired) electrons. The number of furan rings is 1. The first kappa shape index (κ1) is 21.6. The molecule has 6 aromatic carbocycles. The fourth-order valence-electron chi connectivity index (χ4n) is 6.45. The van der Waals surface area contributed by atoms with Crippen LogP contribution in [0.5, 0.6) is 0 Å². The molecule has 2 nitrogen and oxygen atoms in total. The molecule has 2 aromatic heterocycles. The van der Waals surface area contributed by atoms with Crippen LogP contribution < -0.4 is 0 Å². The molecule has 0 bridgehead atoms. The van der Waals surface area contributed by atoms with Crippen molar-refractivity contribution in [3.63, 3.8) is 0 Å². The van der Waals surface area contributed by atoms with Crippen molar-refractivity contribution in [2.75, 3.05) is 0 Å². The van der Waals surface area contributed by atoms with Gasteiger partial charge in [0.25, 0.3) is 0 Å². The number of benzene rings is 6. The van der Waals surface area contributed by atoms with Crippen LogP contribution in [0.25, 0.3) is 83.8 Å². The van der Waals surface area contributed by atoms with E-state index in [1.165, 1.54) is 55.3 Å². The lowest BCUT2D eigenvalue weighted by Crippen LogP contribution is -1.96. The fourth-order valence-corrected chi connectivity index (χ4v) is 6.45. The molecule has 0 saturated heterocycles. The Hall–Kier alpha value is -5.34. The van der Waals surface area contributed by atoms with E-state index >= 15 is 0 Å². The molecule has 40 heavy (non-hydrogen) atoms. The molecule has 186 valence electrons. The average Bonchev–Trinajstić information content (AvgIpc) is 3.49. The van der Waals surface area contributed by atoms with E-state index in [-0.39, 0.29) is 0 Å². The molecule has 0 aliphatic carbocycles. The number of aromatic nitrogens is 1. The molecule has 2 heteroatoms. The Kier molecular flexibility index (Phi) is 4.36. The maximum Gasteiger partial charge on any atom is 0.136 e. The van der Waals surface area contributed by atoms with Crippen LogP contribution in [0.4, 0.5) is 0 Å². The molecule has 0 saturated carbocycles. The SMILES string of the molecule is C1=Cc2cc(-c3ccc4oc5cc(-c6ccccc6)ccc5c4c3)cc3c4ccccc4n(c23)-c2ccccc21. The number of para-hydroxylation sites is 2. The molecule has 1 aliphatic rings. The van der Waals surface area contributed by atoms with Crippen molar-refractivity contribution < 1.29 is 4.42 Å². The van der Waals surface area contributed by atoms with E-state index in [9.17, 15) is 0 Å². The normalized spacial score (nSPS) is 12.4. The molecule has 1 aliphatic heterocycles. The molecular formula is C38H23NO. The van der Waals surface area contributed by atoms with Crippen molar-refractivity contribution >= 4 is 55.9 Å². The summed E-state index contributed by atoms with van der Waals surface area (Å²) >= 11 is 0. The largest absolute Gasteiger partial charge is 0.456 e. The lowest BCUT2D eigenvalue weighted by Gasteiger charge is -2.11. The predicted molar refractivity (Wildman–Crippen MR) is 168 cm³/mol. The van der Waals surface area contributed by atoms with Gasteiger partial charge >= 0.3 is 0 Å². The Morgan fingerprint density at radius 3 is 2.12 bits per heavy atom. The van der Waals surface area contributed by atoms with Gasteiger partial charge in [0.1, 0.15) is 11.2 Å². The van der Waals surface area contributed by atoms with Gasteiger partial charge in [0.15, 0.2) is 0 Å². The number of rotatable bonds is 2. The minimum Gasteiger partial charge on any atom is -0.456 e. The van der Waals surface area contributed by atoms with E-state index in [4.69, 9.17) is 4.42 Å². The van der Waals surface area contributed by atoms with Crippen LogP contribution in [0.15, 0.2) is 132 Å². The highest BCUT2D eigenvalue weighted by molar-refractivity contribution is 6.15. The first-order valence-corrected chi connectivity index (χ1v) is 13.7. The summed E-state index contributed by atoms with van der Waals surface area (Å²) in [5, 5.41) is 4.83. The lowest BCUT2D eigenvalue weighted by atomic mass is 9.97. The van der Waals surface area contributed by atoms with Crippen LogP contribution >= 0.6 is 0 Å². The molecule has 3 heterocycles. The molecular weight excluding hydrogens is 486 g/mol. The highest BCUT2D eigenvalue weighted by Gasteiger charge is 2.20. The molecule has 9 rings (SSSR count). The van der Waals surface area contributed by atoms with Crippen LogP contribution in [-0.2, 0) is 0 Å². The molecule has 0 atom stereocenters. The Labute approximate surface area is 231 Å². The minimum absolute atomic E-state index is 0.912. The van der Waals surface area contributed by atoms with E-state index in [2.05, 4.69) is 138 Å². The van der Waals surface area contributed by atoms with Crippen LogP contribution in [0.2, 0.25) is 0 Å². The van der Waals surface area contributed by atoms with Crippen LogP contribution in [0, 0.1) is 0 Å². The van der Waals surface area contributed by atoms with Gasteiger partial charge in [-0.15, -0.1) is 0 Å². The van der Waals surface area contributed by atoms with E-state index in [0.717, 1.165) is 27.5 Å². The average molecular weight is 510 g/mol. The highest BCUT2D eigenvalue weighted by Crippen LogP contribution is 2.41. The molecule has 0 spiro atoms. The smallest absolute Gasteiger partial charge is 0.136 e. The summed E-state index contributed by atoms with van der Waals surface area (Å²) in [6.45, 7) is 0. The van der Waals surface area contributed by atoms with Gasteiger partial charge in [-0.3, -0.25) is 0 Å². The van der Waals surface area contributed by atoms with Crippen molar-refractivity contribution in [2.45, 2.75) is 0 Å². The second-order valence-corrected chi connectivity index (χ2v) is 10.6. The Bertz CT molecular complexity index is 2310. The maximum atomic E-state index is 6.33. The number of hydrogen-bond acceptors (Lipinski definition) is 1. The van der Waals surface area contributed by atoms with Gasteiger partial charge in [0.2, 0.25) is 0 Å². The fraction of sp³-hybridized carbons (Fsp3) is 0. The predicted octanol–water partition coefficient (Wildman–Crippen LogP) is 10.5. The van der Waals surface area contributed by atoms with Gasteiger partial charge in [-0.1, -0.05) is 91.0 Å². The van der Waals surface area contributed by atoms with Gasteiger partial charge in [0.05, 0.1) is 16.7 Å². The molecule has 0 unspecified atom stereocenters. The standard InChI is InChI=1S/C38H23NO/c1-2-8-24(9-3-1)27-16-18-31-32-21-26(17-19-36(32)40-37(31)23-27)29-20-28-15-14-25-10-4-6-12-34(25)39-35-13-7-5-11-30(35)33(22-29)38(28)39/h1-23H. The Morgan fingerprint density at radius 1 is 0.425 bits per heavy atom. The quantitative estimate of drug-likeness (QED) is 0.227. The number of hydrogen-bond donors (Lipinski definition) is 0. The second kappa shape index (κ2) is 8.08. The first-order chi connectivity index (χ1) is 19.8. The zero-order valence-electron chi connectivity index (χ0n) is 21.6. The van der Waals surface area contributed by atoms with E-state index in [1.54, 1.807) is 0 Å².